The minimum absolute atomic E-state index is 0.0937. The first-order valence-corrected chi connectivity index (χ1v) is 5.15. The molecule has 1 heterocycles. The van der Waals surface area contributed by atoms with Gasteiger partial charge in [0.05, 0.1) is 11.8 Å². The van der Waals surface area contributed by atoms with Gasteiger partial charge in [-0.3, -0.25) is 4.79 Å². The zero-order chi connectivity index (χ0) is 11.4. The van der Waals surface area contributed by atoms with E-state index in [1.54, 1.807) is 6.07 Å². The summed E-state index contributed by atoms with van der Waals surface area (Å²) in [4.78, 5) is 11.7. The highest BCUT2D eigenvalue weighted by atomic mass is 16.3. The number of carbonyl (C=O) groups excluding carboxylic acids is 1. The highest BCUT2D eigenvalue weighted by Gasteiger charge is 2.07. The van der Waals surface area contributed by atoms with Gasteiger partial charge in [-0.15, -0.1) is 0 Å². The molecule has 0 saturated carbocycles. The molecular formula is C13H13NO2. The molecule has 0 atom stereocenters. The first-order chi connectivity index (χ1) is 7.75. The summed E-state index contributed by atoms with van der Waals surface area (Å²) in [5.74, 6) is 0.0937. The average molecular weight is 215 g/mol. The van der Waals surface area contributed by atoms with Crippen molar-refractivity contribution in [2.45, 2.75) is 12.8 Å². The standard InChI is InChI=1S/C13H13NO2/c14-12-3-1-2-10(8-12)4-5-13(15)11-6-7-16-9-11/h1-3,6-9H,4-5,14H2. The molecule has 3 nitrogen and oxygen atoms in total. The quantitative estimate of drug-likeness (QED) is 0.630. The smallest absolute Gasteiger partial charge is 0.166 e. The van der Waals surface area contributed by atoms with Crippen molar-refractivity contribution in [1.82, 2.24) is 0 Å². The number of carbonyl (C=O) groups is 1. The summed E-state index contributed by atoms with van der Waals surface area (Å²) in [6.07, 6.45) is 4.16. The van der Waals surface area contributed by atoms with Crippen LogP contribution in [0.15, 0.2) is 47.3 Å². The molecule has 0 unspecified atom stereocenters. The van der Waals surface area contributed by atoms with Crippen LogP contribution in [0.5, 0.6) is 0 Å². The lowest BCUT2D eigenvalue weighted by atomic mass is 10.0. The molecule has 82 valence electrons. The van der Waals surface area contributed by atoms with E-state index in [0.29, 0.717) is 18.4 Å². The van der Waals surface area contributed by atoms with Crippen molar-refractivity contribution in [2.24, 2.45) is 0 Å². The molecule has 0 aliphatic heterocycles. The Kier molecular flexibility index (Phi) is 3.05. The van der Waals surface area contributed by atoms with Gasteiger partial charge < -0.3 is 10.2 Å². The molecule has 16 heavy (non-hydrogen) atoms. The van der Waals surface area contributed by atoms with E-state index in [2.05, 4.69) is 0 Å². The fourth-order valence-corrected chi connectivity index (χ4v) is 1.57. The number of hydrogen-bond acceptors (Lipinski definition) is 3. The lowest BCUT2D eigenvalue weighted by Crippen LogP contribution is -1.99. The first-order valence-electron chi connectivity index (χ1n) is 5.15. The van der Waals surface area contributed by atoms with Crippen LogP contribution in [0.2, 0.25) is 0 Å². The molecule has 2 rings (SSSR count). The highest BCUT2D eigenvalue weighted by Crippen LogP contribution is 2.11. The van der Waals surface area contributed by atoms with Crippen molar-refractivity contribution in [3.8, 4) is 0 Å². The van der Waals surface area contributed by atoms with Crippen molar-refractivity contribution in [1.29, 1.82) is 0 Å². The first kappa shape index (κ1) is 10.5. The third-order valence-electron chi connectivity index (χ3n) is 2.43. The monoisotopic (exact) mass is 215 g/mol. The molecule has 2 aromatic rings. The number of ketones is 1. The Labute approximate surface area is 93.9 Å². The van der Waals surface area contributed by atoms with Crippen LogP contribution in [0.4, 0.5) is 5.69 Å². The molecule has 3 heteroatoms. The van der Waals surface area contributed by atoms with E-state index in [4.69, 9.17) is 10.2 Å². The molecule has 0 radical (unpaired) electrons. The van der Waals surface area contributed by atoms with E-state index in [1.165, 1.54) is 12.5 Å². The van der Waals surface area contributed by atoms with Gasteiger partial charge in [-0.2, -0.15) is 0 Å². The van der Waals surface area contributed by atoms with Crippen LogP contribution < -0.4 is 5.73 Å². The zero-order valence-electron chi connectivity index (χ0n) is 8.85. The van der Waals surface area contributed by atoms with Crippen LogP contribution >= 0.6 is 0 Å². The summed E-state index contributed by atoms with van der Waals surface area (Å²) in [6.45, 7) is 0. The zero-order valence-corrected chi connectivity index (χ0v) is 8.85. The number of rotatable bonds is 4. The Morgan fingerprint density at radius 1 is 1.31 bits per heavy atom. The SMILES string of the molecule is Nc1cccc(CCC(=O)c2ccoc2)c1. The molecule has 0 bridgehead atoms. The maximum absolute atomic E-state index is 11.7. The fourth-order valence-electron chi connectivity index (χ4n) is 1.57. The minimum Gasteiger partial charge on any atom is -0.472 e. The number of Topliss-reactive ketones (excluding diaryl/α,β-unsaturated/α-hetero) is 1. The second kappa shape index (κ2) is 4.66. The van der Waals surface area contributed by atoms with Crippen molar-refractivity contribution in [3.63, 3.8) is 0 Å². The minimum atomic E-state index is 0.0937. The number of nitrogens with two attached hydrogens (primary N) is 1. The number of hydrogen-bond donors (Lipinski definition) is 1. The van der Waals surface area contributed by atoms with Gasteiger partial charge >= 0.3 is 0 Å². The topological polar surface area (TPSA) is 56.2 Å². The summed E-state index contributed by atoms with van der Waals surface area (Å²) < 4.78 is 4.87. The second-order valence-electron chi connectivity index (χ2n) is 3.68. The number of furan rings is 1. The summed E-state index contributed by atoms with van der Waals surface area (Å²) in [5, 5.41) is 0. The van der Waals surface area contributed by atoms with Crippen molar-refractivity contribution in [3.05, 3.63) is 54.0 Å². The van der Waals surface area contributed by atoms with E-state index in [1.807, 2.05) is 24.3 Å². The Hall–Kier alpha value is -2.03. The Balaban J connectivity index is 1.95. The van der Waals surface area contributed by atoms with Crippen LogP contribution in [-0.2, 0) is 6.42 Å². The number of anilines is 1. The van der Waals surface area contributed by atoms with Crippen LogP contribution in [0.3, 0.4) is 0 Å². The summed E-state index contributed by atoms with van der Waals surface area (Å²) >= 11 is 0. The van der Waals surface area contributed by atoms with Gasteiger partial charge in [-0.1, -0.05) is 12.1 Å². The van der Waals surface area contributed by atoms with E-state index in [9.17, 15) is 4.79 Å². The predicted molar refractivity (Wildman–Crippen MR) is 62.2 cm³/mol. The molecule has 0 aliphatic rings. The van der Waals surface area contributed by atoms with E-state index in [0.717, 1.165) is 11.3 Å². The fraction of sp³-hybridized carbons (Fsp3) is 0.154. The normalized spacial score (nSPS) is 10.2. The Bertz CT molecular complexity index is 474. The molecule has 1 aromatic heterocycles. The van der Waals surface area contributed by atoms with Gasteiger partial charge in [0.15, 0.2) is 5.78 Å². The van der Waals surface area contributed by atoms with Gasteiger partial charge in [0, 0.05) is 12.1 Å². The molecular weight excluding hydrogens is 202 g/mol. The molecule has 0 saturated heterocycles. The second-order valence-corrected chi connectivity index (χ2v) is 3.68. The number of aryl methyl sites for hydroxylation is 1. The maximum atomic E-state index is 11.7. The lowest BCUT2D eigenvalue weighted by molar-refractivity contribution is 0.0982. The third-order valence-corrected chi connectivity index (χ3v) is 2.43. The molecule has 0 fully saturated rings. The molecule has 0 aliphatic carbocycles. The molecule has 1 aromatic carbocycles. The van der Waals surface area contributed by atoms with E-state index >= 15 is 0 Å². The van der Waals surface area contributed by atoms with Crippen LogP contribution in [0, 0.1) is 0 Å². The summed E-state index contributed by atoms with van der Waals surface area (Å²) in [6, 6.07) is 9.28. The largest absolute Gasteiger partial charge is 0.472 e. The third kappa shape index (κ3) is 2.51. The Morgan fingerprint density at radius 2 is 2.19 bits per heavy atom. The van der Waals surface area contributed by atoms with Gasteiger partial charge in [0.2, 0.25) is 0 Å². The van der Waals surface area contributed by atoms with Gasteiger partial charge in [-0.05, 0) is 30.2 Å². The number of nitrogen functional groups attached to an aromatic ring is 1. The van der Waals surface area contributed by atoms with E-state index in [-0.39, 0.29) is 5.78 Å². The Morgan fingerprint density at radius 3 is 2.88 bits per heavy atom. The number of benzene rings is 1. The van der Waals surface area contributed by atoms with Crippen molar-refractivity contribution in [2.75, 3.05) is 5.73 Å². The highest BCUT2D eigenvalue weighted by molar-refractivity contribution is 5.95. The van der Waals surface area contributed by atoms with Crippen molar-refractivity contribution < 1.29 is 9.21 Å². The van der Waals surface area contributed by atoms with E-state index < -0.39 is 0 Å². The average Bonchev–Trinajstić information content (AvgIpc) is 2.79. The van der Waals surface area contributed by atoms with Crippen LogP contribution in [0.25, 0.3) is 0 Å². The summed E-state index contributed by atoms with van der Waals surface area (Å²) in [7, 11) is 0. The van der Waals surface area contributed by atoms with Crippen LogP contribution in [-0.4, -0.2) is 5.78 Å². The summed E-state index contributed by atoms with van der Waals surface area (Å²) in [5.41, 5.74) is 8.10. The predicted octanol–water partition coefficient (Wildman–Crippen LogP) is 2.68. The van der Waals surface area contributed by atoms with Gasteiger partial charge in [-0.25, -0.2) is 0 Å². The van der Waals surface area contributed by atoms with Crippen LogP contribution in [0.1, 0.15) is 22.3 Å². The van der Waals surface area contributed by atoms with Crippen molar-refractivity contribution >= 4 is 11.5 Å². The maximum Gasteiger partial charge on any atom is 0.166 e. The van der Waals surface area contributed by atoms with Gasteiger partial charge in [0.25, 0.3) is 0 Å². The molecule has 2 N–H and O–H groups in total. The lowest BCUT2D eigenvalue weighted by Gasteiger charge is -2.01. The van der Waals surface area contributed by atoms with Gasteiger partial charge in [0.1, 0.15) is 6.26 Å². The molecule has 0 spiro atoms. The molecule has 0 amide bonds.